The summed E-state index contributed by atoms with van der Waals surface area (Å²) >= 11 is 0. The Kier molecular flexibility index (Phi) is 27.3. The van der Waals surface area contributed by atoms with Gasteiger partial charge in [-0.25, -0.2) is 14.4 Å². The summed E-state index contributed by atoms with van der Waals surface area (Å²) in [6.45, 7) is 1.06. The monoisotopic (exact) mass is 1220 g/mol. The smallest absolute Gasteiger partial charge is 0.407 e. The summed E-state index contributed by atoms with van der Waals surface area (Å²) in [5.41, 5.74) is 7.19. The maximum Gasteiger partial charge on any atom is 0.407 e. The van der Waals surface area contributed by atoms with Crippen LogP contribution in [0.2, 0.25) is 0 Å². The van der Waals surface area contributed by atoms with Crippen LogP contribution in [0.3, 0.4) is 0 Å². The highest BCUT2D eigenvalue weighted by atomic mass is 16.6. The van der Waals surface area contributed by atoms with Crippen LogP contribution in [0.5, 0.6) is 0 Å². The predicted molar refractivity (Wildman–Crippen MR) is 325 cm³/mol. The first-order valence-electron chi connectivity index (χ1n) is 29.5. The number of alkyl carbamates (subject to hydrolysis) is 1. The molecule has 0 fully saturated rings. The number of hydrogen-bond donors (Lipinski definition) is 5. The summed E-state index contributed by atoms with van der Waals surface area (Å²) in [4.78, 5) is 120. The SMILES string of the molecule is CC(CC(=O)NCCOCCOCC(=O)NC(CCC(=O)NC(CCC(=O)OCc1ccccc1)C(=O)OCc1ccccc1)C(=O)NC(CCC(=O)OCc1ccccc1)C(=O)OCc1ccccc1)NC(=O)OCC1c2ccccc2-c2ccccc21. The molecular formula is C68H75N5O16. The van der Waals surface area contributed by atoms with E-state index in [0.29, 0.717) is 11.1 Å². The molecule has 1 aliphatic carbocycles. The van der Waals surface area contributed by atoms with Gasteiger partial charge < -0.3 is 59.7 Å². The molecule has 21 nitrogen and oxygen atoms in total. The minimum Gasteiger partial charge on any atom is -0.461 e. The maximum absolute atomic E-state index is 14.3. The average Bonchev–Trinajstić information content (AvgIpc) is 1.75. The number of fused-ring (bicyclic) bond motifs is 3. The second-order valence-electron chi connectivity index (χ2n) is 21.0. The van der Waals surface area contributed by atoms with Crippen LogP contribution in [0.4, 0.5) is 4.79 Å². The zero-order chi connectivity index (χ0) is 63.0. The molecule has 0 bridgehead atoms. The molecule has 5 N–H and O–H groups in total. The normalized spacial score (nSPS) is 12.7. The lowest BCUT2D eigenvalue weighted by atomic mass is 9.98. The van der Waals surface area contributed by atoms with Gasteiger partial charge in [-0.15, -0.1) is 0 Å². The summed E-state index contributed by atoms with van der Waals surface area (Å²) in [5, 5.41) is 13.2. The van der Waals surface area contributed by atoms with Gasteiger partial charge in [0.25, 0.3) is 0 Å². The third-order valence-corrected chi connectivity index (χ3v) is 14.1. The zero-order valence-corrected chi connectivity index (χ0v) is 49.6. The highest BCUT2D eigenvalue weighted by Gasteiger charge is 2.32. The molecule has 7 rings (SSSR count). The summed E-state index contributed by atoms with van der Waals surface area (Å²) in [6, 6.07) is 46.8. The Hall–Kier alpha value is -9.73. The van der Waals surface area contributed by atoms with Crippen molar-refractivity contribution < 1.29 is 76.3 Å². The van der Waals surface area contributed by atoms with Crippen molar-refractivity contribution in [3.05, 3.63) is 203 Å². The van der Waals surface area contributed by atoms with Gasteiger partial charge in [0, 0.05) is 44.2 Å². The molecule has 0 saturated carbocycles. The standard InChI is InChI=1S/C68H75N5O16/c1-47(70-68(82)89-45-56-54-28-16-14-26-52(54)53-27-15-17-29-55(53)56)40-61(75)69-36-37-83-38-39-84-46-62(76)71-57(65(79)73-59(67(81)88-44-51-24-12-5-13-25-51)32-35-64(78)86-42-49-20-8-3-9-21-49)30-33-60(74)72-58(66(80)87-43-50-22-10-4-11-23-50)31-34-63(77)85-41-48-18-6-2-7-19-48/h2-29,47,56-59H,30-46H2,1H3,(H,69,75)(H,70,82)(H,71,76)(H,72,74)(H,73,79). The van der Waals surface area contributed by atoms with Crippen molar-refractivity contribution in [1.29, 1.82) is 0 Å². The van der Waals surface area contributed by atoms with E-state index in [9.17, 15) is 43.2 Å². The van der Waals surface area contributed by atoms with Crippen LogP contribution >= 0.6 is 0 Å². The molecule has 6 aromatic carbocycles. The largest absolute Gasteiger partial charge is 0.461 e. The molecule has 6 aromatic rings. The Labute approximate surface area is 516 Å². The van der Waals surface area contributed by atoms with E-state index < -0.39 is 84.9 Å². The number of carbonyl (C=O) groups excluding carboxylic acids is 9. The van der Waals surface area contributed by atoms with Crippen LogP contribution in [-0.2, 0) is 97.9 Å². The van der Waals surface area contributed by atoms with Crippen LogP contribution < -0.4 is 26.6 Å². The highest BCUT2D eigenvalue weighted by Crippen LogP contribution is 2.44. The third kappa shape index (κ3) is 23.5. The Balaban J connectivity index is 0.901. The fourth-order valence-electron chi connectivity index (χ4n) is 9.51. The third-order valence-electron chi connectivity index (χ3n) is 14.1. The second kappa shape index (κ2) is 36.4. The molecule has 5 amide bonds. The van der Waals surface area contributed by atoms with E-state index in [4.69, 9.17) is 33.2 Å². The van der Waals surface area contributed by atoms with Crippen molar-refractivity contribution in [3.8, 4) is 11.1 Å². The number of rotatable bonds is 36. The van der Waals surface area contributed by atoms with Gasteiger partial charge in [-0.3, -0.25) is 28.8 Å². The van der Waals surface area contributed by atoms with Crippen molar-refractivity contribution in [2.24, 2.45) is 0 Å². The molecule has 4 unspecified atom stereocenters. The molecule has 1 aliphatic rings. The second-order valence-corrected chi connectivity index (χ2v) is 21.0. The van der Waals surface area contributed by atoms with E-state index >= 15 is 0 Å². The molecule has 21 heteroatoms. The van der Waals surface area contributed by atoms with E-state index in [-0.39, 0.29) is 110 Å². The fourth-order valence-corrected chi connectivity index (χ4v) is 9.51. The number of benzene rings is 6. The lowest BCUT2D eigenvalue weighted by molar-refractivity contribution is -0.151. The van der Waals surface area contributed by atoms with Gasteiger partial charge >= 0.3 is 30.0 Å². The van der Waals surface area contributed by atoms with Gasteiger partial charge in [0.15, 0.2) is 0 Å². The Bertz CT molecular complexity index is 3220. The number of carbonyl (C=O) groups is 9. The number of ether oxygens (including phenoxy) is 7. The van der Waals surface area contributed by atoms with Crippen molar-refractivity contribution in [2.75, 3.05) is 39.6 Å². The molecule has 468 valence electrons. The number of amides is 5. The van der Waals surface area contributed by atoms with E-state index in [1.807, 2.05) is 48.5 Å². The van der Waals surface area contributed by atoms with Crippen LogP contribution in [-0.4, -0.2) is 117 Å². The van der Waals surface area contributed by atoms with Crippen LogP contribution in [0.15, 0.2) is 170 Å². The highest BCUT2D eigenvalue weighted by molar-refractivity contribution is 5.92. The van der Waals surface area contributed by atoms with Gasteiger partial charge in [-0.2, -0.15) is 0 Å². The van der Waals surface area contributed by atoms with Crippen molar-refractivity contribution in [1.82, 2.24) is 26.6 Å². The van der Waals surface area contributed by atoms with Crippen molar-refractivity contribution in [3.63, 3.8) is 0 Å². The summed E-state index contributed by atoms with van der Waals surface area (Å²) in [6.07, 6.45) is -2.55. The topological polar surface area (TPSA) is 278 Å². The van der Waals surface area contributed by atoms with Gasteiger partial charge in [-0.1, -0.05) is 170 Å². The number of nitrogens with one attached hydrogen (secondary N) is 5. The van der Waals surface area contributed by atoms with E-state index in [1.54, 1.807) is 116 Å². The number of hydrogen-bond acceptors (Lipinski definition) is 16. The number of esters is 4. The first-order valence-corrected chi connectivity index (χ1v) is 29.5. The quantitative estimate of drug-likeness (QED) is 0.0147. The lowest BCUT2D eigenvalue weighted by Crippen LogP contribution is -2.53. The minimum atomic E-state index is -1.50. The van der Waals surface area contributed by atoms with Gasteiger partial charge in [-0.05, 0) is 70.7 Å². The maximum atomic E-state index is 14.3. The van der Waals surface area contributed by atoms with Crippen LogP contribution in [0.1, 0.15) is 91.2 Å². The Morgan fingerprint density at radius 1 is 0.416 bits per heavy atom. The Morgan fingerprint density at radius 2 is 0.843 bits per heavy atom. The molecule has 4 atom stereocenters. The summed E-state index contributed by atoms with van der Waals surface area (Å²) in [7, 11) is 0. The van der Waals surface area contributed by atoms with E-state index in [1.165, 1.54) is 0 Å². The molecule has 0 radical (unpaired) electrons. The van der Waals surface area contributed by atoms with Gasteiger partial charge in [0.1, 0.15) is 57.8 Å². The summed E-state index contributed by atoms with van der Waals surface area (Å²) in [5.74, 6) is -5.92. The molecule has 0 aromatic heterocycles. The Morgan fingerprint density at radius 3 is 1.35 bits per heavy atom. The van der Waals surface area contributed by atoms with Gasteiger partial charge in [0.05, 0.1) is 19.8 Å². The summed E-state index contributed by atoms with van der Waals surface area (Å²) < 4.78 is 38.7. The molecule has 0 heterocycles. The first kappa shape index (κ1) is 66.8. The lowest BCUT2D eigenvalue weighted by Gasteiger charge is -2.23. The zero-order valence-electron chi connectivity index (χ0n) is 49.6. The first-order chi connectivity index (χ1) is 43.3. The fraction of sp³-hybridized carbons (Fsp3) is 0.338. The van der Waals surface area contributed by atoms with Gasteiger partial charge in [0.2, 0.25) is 23.6 Å². The van der Waals surface area contributed by atoms with Crippen LogP contribution in [0.25, 0.3) is 11.1 Å². The predicted octanol–water partition coefficient (Wildman–Crippen LogP) is 7.22. The van der Waals surface area contributed by atoms with E-state index in [0.717, 1.165) is 33.4 Å². The van der Waals surface area contributed by atoms with Crippen molar-refractivity contribution in [2.45, 2.75) is 108 Å². The molecular weight excluding hydrogens is 1140 g/mol. The molecule has 0 spiro atoms. The molecule has 89 heavy (non-hydrogen) atoms. The minimum absolute atomic E-state index is 0.00718. The molecule has 0 aliphatic heterocycles. The molecule has 0 saturated heterocycles. The van der Waals surface area contributed by atoms with E-state index in [2.05, 4.69) is 38.7 Å². The van der Waals surface area contributed by atoms with Crippen molar-refractivity contribution >= 4 is 53.6 Å². The van der Waals surface area contributed by atoms with Crippen LogP contribution in [0, 0.1) is 0 Å². The average molecular weight is 1220 g/mol.